The minimum atomic E-state index is 0.229. The van der Waals surface area contributed by atoms with Crippen LogP contribution in [0.25, 0.3) is 0 Å². The van der Waals surface area contributed by atoms with E-state index in [2.05, 4.69) is 29.6 Å². The van der Waals surface area contributed by atoms with Gasteiger partial charge in [-0.1, -0.05) is 30.3 Å². The van der Waals surface area contributed by atoms with Crippen LogP contribution in [0.5, 0.6) is 0 Å². The van der Waals surface area contributed by atoms with Gasteiger partial charge in [-0.15, -0.1) is 11.3 Å². The summed E-state index contributed by atoms with van der Waals surface area (Å²) >= 11 is 1.67. The molecule has 28 heavy (non-hydrogen) atoms. The molecular weight excluding hydrogens is 364 g/mol. The predicted octanol–water partition coefficient (Wildman–Crippen LogP) is 4.95. The van der Waals surface area contributed by atoms with Crippen LogP contribution in [0.4, 0.5) is 0 Å². The lowest BCUT2D eigenvalue weighted by molar-refractivity contribution is -0.134. The molecule has 0 unspecified atom stereocenters. The van der Waals surface area contributed by atoms with Gasteiger partial charge in [0.2, 0.25) is 5.91 Å². The maximum absolute atomic E-state index is 12.9. The maximum atomic E-state index is 12.9. The van der Waals surface area contributed by atoms with E-state index in [-0.39, 0.29) is 5.91 Å². The molecule has 3 nitrogen and oxygen atoms in total. The first-order chi connectivity index (χ1) is 13.6. The van der Waals surface area contributed by atoms with Gasteiger partial charge in [0.1, 0.15) is 0 Å². The molecule has 0 radical (unpaired) electrons. The molecule has 0 aliphatic heterocycles. The van der Waals surface area contributed by atoms with Crippen LogP contribution in [0, 0.1) is 23.2 Å². The van der Waals surface area contributed by atoms with Gasteiger partial charge >= 0.3 is 0 Å². The fraction of sp³-hybridized carbons (Fsp3) is 0.583. The molecule has 4 saturated carbocycles. The molecule has 1 aromatic carbocycles. The summed E-state index contributed by atoms with van der Waals surface area (Å²) in [5, 5.41) is 3.16. The van der Waals surface area contributed by atoms with Gasteiger partial charge in [0.15, 0.2) is 0 Å². The van der Waals surface area contributed by atoms with E-state index in [1.54, 1.807) is 11.3 Å². The lowest BCUT2D eigenvalue weighted by Crippen LogP contribution is -2.51. The molecule has 4 fully saturated rings. The van der Waals surface area contributed by atoms with Crippen LogP contribution < -0.4 is 0 Å². The molecular formula is C24H30N2OS. The number of rotatable bonds is 6. The normalized spacial score (nSPS) is 30.5. The van der Waals surface area contributed by atoms with Crippen LogP contribution in [0.1, 0.15) is 54.8 Å². The molecule has 0 saturated heterocycles. The Morgan fingerprint density at radius 1 is 1.11 bits per heavy atom. The summed E-state index contributed by atoms with van der Waals surface area (Å²) in [7, 11) is 2.01. The molecule has 0 atom stereocenters. The Hall–Kier alpha value is -1.68. The Kier molecular flexibility index (Phi) is 4.78. The van der Waals surface area contributed by atoms with E-state index >= 15 is 0 Å². The molecule has 4 heteroatoms. The molecule has 1 heterocycles. The van der Waals surface area contributed by atoms with Gasteiger partial charge in [-0.3, -0.25) is 4.79 Å². The maximum Gasteiger partial charge on any atom is 0.228 e. The number of thiazole rings is 1. The van der Waals surface area contributed by atoms with Crippen molar-refractivity contribution < 1.29 is 4.79 Å². The average Bonchev–Trinajstić information content (AvgIpc) is 3.07. The zero-order valence-corrected chi connectivity index (χ0v) is 17.6. The summed E-state index contributed by atoms with van der Waals surface area (Å²) < 4.78 is 0. The van der Waals surface area contributed by atoms with E-state index in [1.807, 2.05) is 18.0 Å². The first kappa shape index (κ1) is 18.4. The van der Waals surface area contributed by atoms with Gasteiger partial charge < -0.3 is 4.90 Å². The third-order valence-electron chi connectivity index (χ3n) is 7.29. The second-order valence-electron chi connectivity index (χ2n) is 9.74. The smallest absolute Gasteiger partial charge is 0.228 e. The third-order valence-corrected chi connectivity index (χ3v) is 8.19. The summed E-state index contributed by atoms with van der Waals surface area (Å²) in [6.07, 6.45) is 9.73. The first-order valence-corrected chi connectivity index (χ1v) is 11.7. The lowest BCUT2D eigenvalue weighted by atomic mass is 9.49. The van der Waals surface area contributed by atoms with Gasteiger partial charge in [0.05, 0.1) is 17.1 Å². The van der Waals surface area contributed by atoms with E-state index in [0.717, 1.165) is 41.4 Å². The Labute approximate surface area is 172 Å². The van der Waals surface area contributed by atoms with Gasteiger partial charge in [0, 0.05) is 25.4 Å². The Balaban J connectivity index is 1.19. The predicted molar refractivity (Wildman–Crippen MR) is 113 cm³/mol. The quantitative estimate of drug-likeness (QED) is 0.694. The van der Waals surface area contributed by atoms with Gasteiger partial charge in [-0.05, 0) is 67.3 Å². The molecule has 2 aromatic rings. The number of nitrogens with zero attached hydrogens (tertiary/aromatic N) is 2. The van der Waals surface area contributed by atoms with E-state index < -0.39 is 0 Å². The molecule has 1 amide bonds. The van der Waals surface area contributed by atoms with Gasteiger partial charge in [-0.2, -0.15) is 0 Å². The molecule has 4 aliphatic carbocycles. The molecule has 4 bridgehead atoms. The number of aromatic nitrogens is 1. The second kappa shape index (κ2) is 7.29. The van der Waals surface area contributed by atoms with Crippen molar-refractivity contribution in [3.8, 4) is 0 Å². The minimum absolute atomic E-state index is 0.229. The van der Waals surface area contributed by atoms with Crippen LogP contribution >= 0.6 is 11.3 Å². The molecule has 4 aliphatic rings. The fourth-order valence-electron chi connectivity index (χ4n) is 6.65. The SMILES string of the molecule is CN(CC12CC3CC(CC(C3)C1)C2)C(=O)Cc1csc(Cc2ccccc2)n1. The number of benzene rings is 1. The molecule has 0 N–H and O–H groups in total. The fourth-order valence-corrected chi connectivity index (χ4v) is 7.47. The Morgan fingerprint density at radius 2 is 1.75 bits per heavy atom. The number of carbonyl (C=O) groups is 1. The summed E-state index contributed by atoms with van der Waals surface area (Å²) in [6.45, 7) is 0.955. The highest BCUT2D eigenvalue weighted by Gasteiger charge is 2.51. The Morgan fingerprint density at radius 3 is 2.39 bits per heavy atom. The van der Waals surface area contributed by atoms with E-state index in [1.165, 1.54) is 44.1 Å². The lowest BCUT2D eigenvalue weighted by Gasteiger charge is -2.57. The minimum Gasteiger partial charge on any atom is -0.345 e. The van der Waals surface area contributed by atoms with Crippen LogP contribution in [0.3, 0.4) is 0 Å². The average molecular weight is 395 g/mol. The van der Waals surface area contributed by atoms with E-state index in [4.69, 9.17) is 4.98 Å². The zero-order valence-electron chi connectivity index (χ0n) is 16.8. The van der Waals surface area contributed by atoms with Crippen molar-refractivity contribution in [1.29, 1.82) is 0 Å². The number of carbonyl (C=O) groups excluding carboxylic acids is 1. The van der Waals surface area contributed by atoms with Crippen molar-refractivity contribution in [2.24, 2.45) is 23.2 Å². The summed E-state index contributed by atoms with van der Waals surface area (Å²) in [5.41, 5.74) is 2.62. The molecule has 6 rings (SSSR count). The third kappa shape index (κ3) is 3.76. The number of likely N-dealkylation sites (N-methyl/N-ethyl adjacent to an activating group) is 1. The monoisotopic (exact) mass is 394 g/mol. The highest BCUT2D eigenvalue weighted by atomic mass is 32.1. The van der Waals surface area contributed by atoms with Crippen molar-refractivity contribution in [1.82, 2.24) is 9.88 Å². The summed E-state index contributed by atoms with van der Waals surface area (Å²) in [5.74, 6) is 3.05. The van der Waals surface area contributed by atoms with E-state index in [0.29, 0.717) is 11.8 Å². The highest BCUT2D eigenvalue weighted by Crippen LogP contribution is 2.60. The van der Waals surface area contributed by atoms with Gasteiger partial charge in [0.25, 0.3) is 0 Å². The van der Waals surface area contributed by atoms with Crippen LogP contribution in [-0.4, -0.2) is 29.4 Å². The zero-order chi connectivity index (χ0) is 19.1. The number of hydrogen-bond donors (Lipinski definition) is 0. The topological polar surface area (TPSA) is 33.2 Å². The van der Waals surface area contributed by atoms with Crippen molar-refractivity contribution in [3.05, 3.63) is 52.0 Å². The van der Waals surface area contributed by atoms with Crippen LogP contribution in [0.15, 0.2) is 35.7 Å². The van der Waals surface area contributed by atoms with Crippen molar-refractivity contribution in [2.75, 3.05) is 13.6 Å². The van der Waals surface area contributed by atoms with Crippen molar-refractivity contribution in [3.63, 3.8) is 0 Å². The summed E-state index contributed by atoms with van der Waals surface area (Å²) in [4.78, 5) is 19.6. The highest BCUT2D eigenvalue weighted by molar-refractivity contribution is 7.09. The van der Waals surface area contributed by atoms with Crippen molar-refractivity contribution >= 4 is 17.2 Å². The first-order valence-electron chi connectivity index (χ1n) is 10.8. The molecule has 148 valence electrons. The van der Waals surface area contributed by atoms with Crippen LogP contribution in [-0.2, 0) is 17.6 Å². The standard InChI is InChI=1S/C24H30N2OS/c1-26(16-24-12-18-7-19(13-24)9-20(8-18)14-24)23(27)11-21-15-28-22(25-21)10-17-5-3-2-4-6-17/h2-6,15,18-20H,7-14,16H2,1H3. The molecule has 0 spiro atoms. The van der Waals surface area contributed by atoms with Gasteiger partial charge in [-0.25, -0.2) is 4.98 Å². The second-order valence-corrected chi connectivity index (χ2v) is 10.7. The molecule has 1 aromatic heterocycles. The summed E-state index contributed by atoms with van der Waals surface area (Å²) in [6, 6.07) is 10.4. The van der Waals surface area contributed by atoms with Crippen molar-refractivity contribution in [2.45, 2.75) is 51.4 Å². The van der Waals surface area contributed by atoms with E-state index in [9.17, 15) is 4.79 Å². The Bertz CT molecular complexity index is 808. The number of amides is 1. The van der Waals surface area contributed by atoms with Crippen LogP contribution in [0.2, 0.25) is 0 Å². The number of hydrogen-bond acceptors (Lipinski definition) is 3. The largest absolute Gasteiger partial charge is 0.345 e.